The van der Waals surface area contributed by atoms with Crippen molar-refractivity contribution in [2.24, 2.45) is 0 Å². The van der Waals surface area contributed by atoms with Gasteiger partial charge >= 0.3 is 0 Å². The number of rotatable bonds is 13. The van der Waals surface area contributed by atoms with Gasteiger partial charge in [-0.25, -0.2) is 0 Å². The lowest BCUT2D eigenvalue weighted by Crippen LogP contribution is -2.95. The van der Waals surface area contributed by atoms with Crippen molar-refractivity contribution in [3.8, 4) is 0 Å². The smallest absolute Gasteiger partial charge is 0.0492 e. The van der Waals surface area contributed by atoms with Crippen molar-refractivity contribution in [3.63, 3.8) is 0 Å². The molecule has 12 heteroatoms. The van der Waals surface area contributed by atoms with Crippen LogP contribution in [0.4, 0.5) is 0 Å². The fraction of sp³-hybridized carbons (Fsp3) is 1.00. The first-order valence-electron chi connectivity index (χ1n) is 14.4. The Labute approximate surface area is 247 Å². The summed E-state index contributed by atoms with van der Waals surface area (Å²) in [7, 11) is -13.1. The van der Waals surface area contributed by atoms with E-state index in [2.05, 4.69) is 167 Å². The summed E-state index contributed by atoms with van der Waals surface area (Å²) in [6.45, 7) is 58.7. The molecule has 0 aliphatic heterocycles. The van der Waals surface area contributed by atoms with Crippen molar-refractivity contribution in [3.05, 3.63) is 0 Å². The van der Waals surface area contributed by atoms with Gasteiger partial charge in [-0.05, 0) is 23.3 Å². The number of hydrogen-bond acceptors (Lipinski definition) is 2. The topological polar surface area (TPSA) is 0 Å². The summed E-state index contributed by atoms with van der Waals surface area (Å²) in [6.07, 6.45) is 4.75. The molecule has 0 spiro atoms. The predicted octanol–water partition coefficient (Wildman–Crippen LogP) is 9.58. The van der Waals surface area contributed by atoms with Crippen molar-refractivity contribution in [2.45, 2.75) is 131 Å². The molecule has 0 aliphatic carbocycles. The zero-order valence-electron chi connectivity index (χ0n) is 29.2. The molecular formula is C24H70S2Si10. The second-order valence-electron chi connectivity index (χ2n) is 17.6. The van der Waals surface area contributed by atoms with Gasteiger partial charge in [0.15, 0.2) is 0 Å². The largest absolute Gasteiger partial charge is 0.169 e. The van der Waals surface area contributed by atoms with E-state index in [9.17, 15) is 0 Å². The molecule has 0 amide bonds. The maximum atomic E-state index is 3.01. The maximum Gasteiger partial charge on any atom is 0.0492 e. The quantitative estimate of drug-likeness (QED) is 0.175. The van der Waals surface area contributed by atoms with Crippen LogP contribution in [0.1, 0.15) is 0 Å². The molecule has 0 aliphatic rings. The first-order chi connectivity index (χ1) is 15.4. The van der Waals surface area contributed by atoms with Crippen molar-refractivity contribution < 1.29 is 0 Å². The van der Waals surface area contributed by atoms with Crippen LogP contribution in [0.2, 0.25) is 131 Å². The van der Waals surface area contributed by atoms with E-state index in [0.29, 0.717) is 0 Å². The summed E-state index contributed by atoms with van der Waals surface area (Å²) < 4.78 is 0. The Bertz CT molecular complexity index is 705. The highest BCUT2D eigenvalue weighted by molar-refractivity contribution is 8.09. The van der Waals surface area contributed by atoms with Crippen molar-refractivity contribution in [2.75, 3.05) is 23.3 Å². The minimum Gasteiger partial charge on any atom is -0.169 e. The Morgan fingerprint density at radius 3 is 0.556 bits per heavy atom. The highest BCUT2D eigenvalue weighted by Crippen LogP contribution is 2.48. The molecule has 0 bridgehead atoms. The van der Waals surface area contributed by atoms with Gasteiger partial charge in [-0.1, -0.05) is 131 Å². The first-order valence-corrected chi connectivity index (χ1v) is 56.6. The minimum absolute atomic E-state index is 1.19. The monoisotopic (exact) mass is 702 g/mol. The Morgan fingerprint density at radius 2 is 0.417 bits per heavy atom. The van der Waals surface area contributed by atoms with Crippen molar-refractivity contribution in [1.29, 1.82) is 0 Å². The average Bonchev–Trinajstić information content (AvgIpc) is 2.66. The molecule has 0 atom stereocenters. The first kappa shape index (κ1) is 38.9. The summed E-state index contributed by atoms with van der Waals surface area (Å²) >= 11 is 4.33. The minimum atomic E-state index is -1.39. The zero-order chi connectivity index (χ0) is 29.8. The van der Waals surface area contributed by atoms with Crippen LogP contribution in [0.15, 0.2) is 0 Å². The van der Waals surface area contributed by atoms with E-state index in [4.69, 9.17) is 0 Å². The highest BCUT2D eigenvalue weighted by atomic mass is 32.2. The van der Waals surface area contributed by atoms with Gasteiger partial charge in [0.05, 0.1) is 0 Å². The van der Waals surface area contributed by atoms with E-state index in [1.165, 1.54) is 10.8 Å². The highest BCUT2D eigenvalue weighted by Gasteiger charge is 2.71. The Kier molecular flexibility index (Phi) is 12.4. The van der Waals surface area contributed by atoms with Gasteiger partial charge in [-0.2, -0.15) is 23.5 Å². The molecule has 0 heterocycles. The fourth-order valence-electron chi connectivity index (χ4n) is 7.46. The van der Waals surface area contributed by atoms with Crippen LogP contribution < -0.4 is 0 Å². The molecule has 36 heavy (non-hydrogen) atoms. The van der Waals surface area contributed by atoms with Gasteiger partial charge in [-0.15, -0.1) is 0 Å². The van der Waals surface area contributed by atoms with E-state index in [1.807, 2.05) is 0 Å². The van der Waals surface area contributed by atoms with Crippen molar-refractivity contribution >= 4 is 95.6 Å². The second-order valence-corrected chi connectivity index (χ2v) is 135. The van der Waals surface area contributed by atoms with Crippen LogP contribution in [0.25, 0.3) is 0 Å². The van der Waals surface area contributed by atoms with E-state index in [0.717, 1.165) is 0 Å². The van der Waals surface area contributed by atoms with E-state index >= 15 is 0 Å². The molecule has 0 fully saturated rings. The average molecular weight is 704 g/mol. The lowest BCUT2D eigenvalue weighted by atomic mass is 11.8. The van der Waals surface area contributed by atoms with Crippen LogP contribution in [-0.4, -0.2) is 95.3 Å². The maximum absolute atomic E-state index is 3.01. The molecule has 0 nitrogen and oxygen atoms in total. The number of thioether (sulfide) groups is 2. The summed E-state index contributed by atoms with van der Waals surface area (Å²) in [5.41, 5.74) is 0. The Morgan fingerprint density at radius 1 is 0.278 bits per heavy atom. The zero-order valence-corrected chi connectivity index (χ0v) is 40.9. The Hall–Kier alpha value is 2.87. The van der Waals surface area contributed by atoms with Crippen LogP contribution >= 0.6 is 23.5 Å². The predicted molar refractivity (Wildman–Crippen MR) is 212 cm³/mol. The van der Waals surface area contributed by atoms with Gasteiger partial charge in [0.2, 0.25) is 0 Å². The molecule has 0 aromatic carbocycles. The second kappa shape index (κ2) is 11.5. The van der Waals surface area contributed by atoms with Crippen molar-refractivity contribution in [1.82, 2.24) is 0 Å². The summed E-state index contributed by atoms with van der Waals surface area (Å²) in [5, 5.41) is 2.98. The molecule has 0 aromatic heterocycles. The van der Waals surface area contributed by atoms with E-state index < -0.39 is 72.1 Å². The molecule has 0 N–H and O–H groups in total. The molecule has 0 radical (unpaired) electrons. The fourth-order valence-corrected chi connectivity index (χ4v) is 335. The molecule has 0 saturated carbocycles. The summed E-state index contributed by atoms with van der Waals surface area (Å²) in [5.74, 6) is 0. The van der Waals surface area contributed by atoms with Gasteiger partial charge in [0.25, 0.3) is 0 Å². The van der Waals surface area contributed by atoms with Gasteiger partial charge in [0.1, 0.15) is 0 Å². The van der Waals surface area contributed by atoms with Gasteiger partial charge in [-0.3, -0.25) is 0 Å². The summed E-state index contributed by atoms with van der Waals surface area (Å²) in [6, 6.07) is 0. The molecule has 0 aromatic rings. The molecule has 0 unspecified atom stereocenters. The van der Waals surface area contributed by atoms with Crippen LogP contribution in [0, 0.1) is 0 Å². The lowest BCUT2D eigenvalue weighted by Gasteiger charge is -2.67. The third-order valence-electron chi connectivity index (χ3n) is 15.3. The number of hydrogen-bond donors (Lipinski definition) is 0. The Balaban J connectivity index is 7.04. The third-order valence-corrected chi connectivity index (χ3v) is 247. The molecular weight excluding hydrogens is 633 g/mol. The standard InChI is InChI=1S/C24H70S2Si10/c1-25-23-27(3,4)29(7,8)31(11,12)33(15,16)35(19,20)36(21,22)34(17,18)32(13,14)30(9,10)28(5,6)24-26-2/h23-24H2,1-22H3. The third kappa shape index (κ3) is 5.62. The van der Waals surface area contributed by atoms with Crippen LogP contribution in [0.5, 0.6) is 0 Å². The van der Waals surface area contributed by atoms with Gasteiger partial charge < -0.3 is 0 Å². The lowest BCUT2D eigenvalue weighted by molar-refractivity contribution is 1.70. The molecule has 0 rings (SSSR count). The van der Waals surface area contributed by atoms with Crippen LogP contribution in [0.3, 0.4) is 0 Å². The van der Waals surface area contributed by atoms with Gasteiger partial charge in [0, 0.05) is 72.1 Å². The summed E-state index contributed by atoms with van der Waals surface area (Å²) in [4.78, 5) is 0. The molecule has 0 saturated heterocycles. The normalized spacial score (nSPS) is 16.5. The van der Waals surface area contributed by atoms with E-state index in [1.54, 1.807) is 0 Å². The molecule has 218 valence electrons. The van der Waals surface area contributed by atoms with Crippen LogP contribution in [-0.2, 0) is 0 Å². The van der Waals surface area contributed by atoms with E-state index in [-0.39, 0.29) is 0 Å². The SMILES string of the molecule is CSC[Si](C)(C)[Si](C)(C)[Si](C)(C)[Si](C)(C)[Si](C)(C)[Si](C)(C)[Si](C)(C)[Si](C)(C)[Si](C)(C)[Si](C)(C)CSC.